The third-order valence-corrected chi connectivity index (χ3v) is 4.53. The number of aryl methyl sites for hydroxylation is 1. The number of carbonyl (C=O) groups is 2. The van der Waals surface area contributed by atoms with Crippen molar-refractivity contribution in [2.45, 2.75) is 38.1 Å². The van der Waals surface area contributed by atoms with Crippen molar-refractivity contribution < 1.29 is 9.59 Å². The van der Waals surface area contributed by atoms with Crippen molar-refractivity contribution in [1.82, 2.24) is 15.2 Å². The zero-order chi connectivity index (χ0) is 14.7. The van der Waals surface area contributed by atoms with E-state index in [1.807, 2.05) is 23.2 Å². The second kappa shape index (κ2) is 6.24. The first-order valence-corrected chi connectivity index (χ1v) is 7.68. The van der Waals surface area contributed by atoms with Crippen LogP contribution >= 0.6 is 0 Å². The number of hydrogen-bond donors (Lipinski definition) is 1. The van der Waals surface area contributed by atoms with Gasteiger partial charge in [0.15, 0.2) is 0 Å². The maximum absolute atomic E-state index is 12.3. The third-order valence-electron chi connectivity index (χ3n) is 4.53. The highest BCUT2D eigenvalue weighted by molar-refractivity contribution is 5.78. The minimum Gasteiger partial charge on any atom is -0.353 e. The second-order valence-electron chi connectivity index (χ2n) is 5.96. The van der Waals surface area contributed by atoms with Gasteiger partial charge in [0.05, 0.1) is 0 Å². The number of nitrogens with one attached hydrogen (secondary N) is 1. The van der Waals surface area contributed by atoms with Gasteiger partial charge in [-0.15, -0.1) is 0 Å². The van der Waals surface area contributed by atoms with Crippen LogP contribution in [0.25, 0.3) is 0 Å². The Bertz CT molecular complexity index is 518. The Balaban J connectivity index is 1.51. The predicted molar refractivity (Wildman–Crippen MR) is 78.4 cm³/mol. The van der Waals surface area contributed by atoms with Crippen LogP contribution in [-0.4, -0.2) is 40.8 Å². The molecule has 2 aliphatic rings. The molecule has 3 rings (SSSR count). The highest BCUT2D eigenvalue weighted by atomic mass is 16.2. The molecule has 0 bridgehead atoms. The summed E-state index contributed by atoms with van der Waals surface area (Å²) < 4.78 is 0. The number of hydrogen-bond acceptors (Lipinski definition) is 3. The lowest BCUT2D eigenvalue weighted by Gasteiger charge is -2.41. The molecule has 21 heavy (non-hydrogen) atoms. The molecule has 0 saturated carbocycles. The number of fused-ring (bicyclic) bond motifs is 1. The maximum Gasteiger partial charge on any atom is 0.222 e. The molecule has 112 valence electrons. The third kappa shape index (κ3) is 3.40. The van der Waals surface area contributed by atoms with Crippen molar-refractivity contribution in [2.75, 3.05) is 13.1 Å². The quantitative estimate of drug-likeness (QED) is 0.907. The van der Waals surface area contributed by atoms with Crippen molar-refractivity contribution in [3.8, 4) is 0 Å². The van der Waals surface area contributed by atoms with Gasteiger partial charge in [0.2, 0.25) is 11.8 Å². The molecule has 5 heteroatoms. The molecule has 1 N–H and O–H groups in total. The van der Waals surface area contributed by atoms with Crippen LogP contribution in [0.3, 0.4) is 0 Å². The number of likely N-dealkylation sites (tertiary alicyclic amines) is 1. The lowest BCUT2D eigenvalue weighted by atomic mass is 9.85. The highest BCUT2D eigenvalue weighted by Crippen LogP contribution is 2.25. The number of rotatable bonds is 3. The van der Waals surface area contributed by atoms with E-state index in [4.69, 9.17) is 0 Å². The van der Waals surface area contributed by atoms with Crippen molar-refractivity contribution in [1.29, 1.82) is 0 Å². The number of pyridine rings is 1. The maximum atomic E-state index is 12.3. The van der Waals surface area contributed by atoms with E-state index >= 15 is 0 Å². The van der Waals surface area contributed by atoms with Gasteiger partial charge < -0.3 is 10.2 Å². The van der Waals surface area contributed by atoms with Crippen LogP contribution in [0.4, 0.5) is 0 Å². The van der Waals surface area contributed by atoms with Crippen molar-refractivity contribution in [3.05, 3.63) is 30.1 Å². The Hall–Kier alpha value is -1.91. The fourth-order valence-electron chi connectivity index (χ4n) is 3.29. The fourth-order valence-corrected chi connectivity index (χ4v) is 3.29. The van der Waals surface area contributed by atoms with E-state index in [0.29, 0.717) is 18.8 Å². The molecule has 3 heterocycles. The minimum absolute atomic E-state index is 0.160. The largest absolute Gasteiger partial charge is 0.353 e. The Morgan fingerprint density at radius 2 is 2.33 bits per heavy atom. The lowest BCUT2D eigenvalue weighted by Crippen LogP contribution is -2.55. The number of amides is 2. The Morgan fingerprint density at radius 3 is 3.14 bits per heavy atom. The number of nitrogens with zero attached hydrogens (tertiary/aromatic N) is 2. The van der Waals surface area contributed by atoms with Crippen LogP contribution in [0.15, 0.2) is 24.5 Å². The van der Waals surface area contributed by atoms with Gasteiger partial charge in [0.1, 0.15) is 0 Å². The predicted octanol–water partition coefficient (Wildman–Crippen LogP) is 1.14. The van der Waals surface area contributed by atoms with Gasteiger partial charge in [-0.3, -0.25) is 14.6 Å². The summed E-state index contributed by atoms with van der Waals surface area (Å²) in [6.07, 6.45) is 7.23. The zero-order valence-corrected chi connectivity index (χ0v) is 12.1. The molecule has 2 saturated heterocycles. The van der Waals surface area contributed by atoms with E-state index in [9.17, 15) is 9.59 Å². The summed E-state index contributed by atoms with van der Waals surface area (Å²) in [6.45, 7) is 1.55. The fraction of sp³-hybridized carbons (Fsp3) is 0.562. The lowest BCUT2D eigenvalue weighted by molar-refractivity contribution is -0.134. The normalized spacial score (nSPS) is 25.1. The van der Waals surface area contributed by atoms with Gasteiger partial charge in [0, 0.05) is 44.4 Å². The van der Waals surface area contributed by atoms with Crippen LogP contribution in [0.1, 0.15) is 31.2 Å². The first kappa shape index (κ1) is 14.0. The molecule has 0 aromatic carbocycles. The molecule has 2 fully saturated rings. The van der Waals surface area contributed by atoms with E-state index in [1.54, 1.807) is 6.20 Å². The van der Waals surface area contributed by atoms with Crippen molar-refractivity contribution >= 4 is 11.8 Å². The molecule has 1 aromatic rings. The molecule has 2 atom stereocenters. The van der Waals surface area contributed by atoms with Gasteiger partial charge in [-0.2, -0.15) is 0 Å². The highest BCUT2D eigenvalue weighted by Gasteiger charge is 2.34. The zero-order valence-electron chi connectivity index (χ0n) is 12.1. The summed E-state index contributed by atoms with van der Waals surface area (Å²) in [5.41, 5.74) is 1.10. The average Bonchev–Trinajstić information content (AvgIpc) is 2.53. The Kier molecular flexibility index (Phi) is 4.18. The Labute approximate surface area is 124 Å². The minimum atomic E-state index is 0.160. The SMILES string of the molecule is O=C1CCC2CN(C(=O)CCc3cccnc3)CCC2N1. The molecule has 2 aliphatic heterocycles. The van der Waals surface area contributed by atoms with Gasteiger partial charge in [-0.25, -0.2) is 0 Å². The molecule has 0 aliphatic carbocycles. The summed E-state index contributed by atoms with van der Waals surface area (Å²) >= 11 is 0. The van der Waals surface area contributed by atoms with E-state index in [2.05, 4.69) is 10.3 Å². The van der Waals surface area contributed by atoms with Crippen LogP contribution in [0, 0.1) is 5.92 Å². The standard InChI is InChI=1S/C16H21N3O2/c20-15-5-4-13-11-19(9-7-14(13)18-15)16(21)6-3-12-2-1-8-17-10-12/h1-2,8,10,13-14H,3-7,9,11H2,(H,18,20). The molecular weight excluding hydrogens is 266 g/mol. The summed E-state index contributed by atoms with van der Waals surface area (Å²) in [4.78, 5) is 29.8. The van der Waals surface area contributed by atoms with Crippen molar-refractivity contribution in [2.24, 2.45) is 5.92 Å². The van der Waals surface area contributed by atoms with Crippen LogP contribution < -0.4 is 5.32 Å². The van der Waals surface area contributed by atoms with E-state index in [0.717, 1.165) is 37.9 Å². The number of carbonyl (C=O) groups excluding carboxylic acids is 2. The van der Waals surface area contributed by atoms with Gasteiger partial charge >= 0.3 is 0 Å². The van der Waals surface area contributed by atoms with Crippen molar-refractivity contribution in [3.63, 3.8) is 0 Å². The Morgan fingerprint density at radius 1 is 1.43 bits per heavy atom. The number of piperidine rings is 2. The molecule has 0 radical (unpaired) electrons. The van der Waals surface area contributed by atoms with Crippen LogP contribution in [0.2, 0.25) is 0 Å². The van der Waals surface area contributed by atoms with Gasteiger partial charge in [0.25, 0.3) is 0 Å². The molecule has 2 amide bonds. The van der Waals surface area contributed by atoms with Crippen LogP contribution in [0.5, 0.6) is 0 Å². The van der Waals surface area contributed by atoms with E-state index in [-0.39, 0.29) is 17.9 Å². The molecule has 1 aromatic heterocycles. The first-order chi connectivity index (χ1) is 10.2. The van der Waals surface area contributed by atoms with E-state index < -0.39 is 0 Å². The summed E-state index contributed by atoms with van der Waals surface area (Å²) in [7, 11) is 0. The topological polar surface area (TPSA) is 62.3 Å². The smallest absolute Gasteiger partial charge is 0.222 e. The average molecular weight is 287 g/mol. The molecule has 0 spiro atoms. The second-order valence-corrected chi connectivity index (χ2v) is 5.96. The van der Waals surface area contributed by atoms with Crippen LogP contribution in [-0.2, 0) is 16.0 Å². The summed E-state index contributed by atoms with van der Waals surface area (Å²) in [6, 6.07) is 4.17. The summed E-state index contributed by atoms with van der Waals surface area (Å²) in [5, 5.41) is 3.05. The molecule has 5 nitrogen and oxygen atoms in total. The monoisotopic (exact) mass is 287 g/mol. The van der Waals surface area contributed by atoms with Gasteiger partial charge in [-0.05, 0) is 36.8 Å². The van der Waals surface area contributed by atoms with Gasteiger partial charge in [-0.1, -0.05) is 6.07 Å². The first-order valence-electron chi connectivity index (χ1n) is 7.68. The molecular formula is C16H21N3O2. The number of aromatic nitrogens is 1. The van der Waals surface area contributed by atoms with E-state index in [1.165, 1.54) is 0 Å². The molecule has 2 unspecified atom stereocenters. The summed E-state index contributed by atoms with van der Waals surface area (Å²) in [5.74, 6) is 0.806.